The summed E-state index contributed by atoms with van der Waals surface area (Å²) in [7, 11) is 2.40. The molecule has 0 nitrogen and oxygen atoms in total. The van der Waals surface area contributed by atoms with Gasteiger partial charge in [0.15, 0.2) is 0 Å². The van der Waals surface area contributed by atoms with E-state index >= 15 is 0 Å². The fourth-order valence-corrected chi connectivity index (χ4v) is 8.54. The van der Waals surface area contributed by atoms with Gasteiger partial charge in [-0.05, 0) is 60.2 Å². The van der Waals surface area contributed by atoms with Crippen molar-refractivity contribution in [3.63, 3.8) is 0 Å². The molecule has 0 spiro atoms. The first-order valence-corrected chi connectivity index (χ1v) is 12.2. The maximum absolute atomic E-state index is 2.44. The first-order chi connectivity index (χ1) is 10.4. The third-order valence-corrected chi connectivity index (χ3v) is 8.34. The second-order valence-corrected chi connectivity index (χ2v) is 13.0. The summed E-state index contributed by atoms with van der Waals surface area (Å²) >= 11 is 0. The van der Waals surface area contributed by atoms with Gasteiger partial charge in [0.25, 0.3) is 0 Å². The van der Waals surface area contributed by atoms with E-state index in [0.29, 0.717) is 5.41 Å². The summed E-state index contributed by atoms with van der Waals surface area (Å²) in [5, 5.41) is 0. The minimum Gasteiger partial charge on any atom is -0.358 e. The average molecular weight is 422 g/mol. The molecular formula is C22H48P2Ti. The predicted molar refractivity (Wildman–Crippen MR) is 123 cm³/mol. The summed E-state index contributed by atoms with van der Waals surface area (Å²) < 4.78 is 0. The van der Waals surface area contributed by atoms with Gasteiger partial charge >= 0.3 is 21.7 Å². The van der Waals surface area contributed by atoms with Crippen LogP contribution in [-0.4, -0.2) is 22.6 Å². The van der Waals surface area contributed by atoms with Crippen LogP contribution in [0.15, 0.2) is 0 Å². The summed E-state index contributed by atoms with van der Waals surface area (Å²) in [5.74, 6) is 0. The standard InChI is InChI=1S/C20H42P2.2CH3.Ti/c1-7-9-11-20(12-10-8-2)14-18(21-16(3)4)13-19(15-20)22-17(5)6;;;/h16-19,21-22H,7-15H2,1-6H3;2*1H3;/q;2*-1;+2. The molecule has 0 aromatic carbocycles. The van der Waals surface area contributed by atoms with Crippen molar-refractivity contribution in [1.29, 1.82) is 0 Å². The van der Waals surface area contributed by atoms with E-state index in [1.807, 2.05) is 0 Å². The summed E-state index contributed by atoms with van der Waals surface area (Å²) in [5.41, 5.74) is 4.60. The topological polar surface area (TPSA) is 0 Å². The minimum atomic E-state index is 0. The Morgan fingerprint density at radius 2 is 1.16 bits per heavy atom. The molecule has 1 aliphatic carbocycles. The molecule has 150 valence electrons. The van der Waals surface area contributed by atoms with Crippen molar-refractivity contribution in [2.75, 3.05) is 0 Å². The van der Waals surface area contributed by atoms with Gasteiger partial charge in [0.2, 0.25) is 0 Å². The fraction of sp³-hybridized carbons (Fsp3) is 0.909. The van der Waals surface area contributed by atoms with Gasteiger partial charge < -0.3 is 14.9 Å². The molecule has 0 amide bonds. The van der Waals surface area contributed by atoms with E-state index in [1.54, 1.807) is 19.3 Å². The summed E-state index contributed by atoms with van der Waals surface area (Å²) in [6.07, 6.45) is 13.4. The molecule has 0 bridgehead atoms. The van der Waals surface area contributed by atoms with Crippen molar-refractivity contribution >= 4 is 17.2 Å². The second kappa shape index (κ2) is 16.5. The minimum absolute atomic E-state index is 0. The van der Waals surface area contributed by atoms with E-state index in [1.165, 1.54) is 55.7 Å². The third-order valence-electron chi connectivity index (χ3n) is 5.19. The van der Waals surface area contributed by atoms with Gasteiger partial charge in [0.1, 0.15) is 0 Å². The molecule has 4 unspecified atom stereocenters. The number of hydrogen-bond acceptors (Lipinski definition) is 0. The Kier molecular flexibility index (Phi) is 20.7. The third kappa shape index (κ3) is 12.6. The van der Waals surface area contributed by atoms with E-state index in [2.05, 4.69) is 41.5 Å². The van der Waals surface area contributed by atoms with E-state index in [4.69, 9.17) is 0 Å². The zero-order valence-corrected chi connectivity index (χ0v) is 22.2. The van der Waals surface area contributed by atoms with E-state index in [9.17, 15) is 0 Å². The molecule has 1 aliphatic rings. The maximum Gasteiger partial charge on any atom is 2.00 e. The fourth-order valence-electron chi connectivity index (χ4n) is 4.47. The molecular weight excluding hydrogens is 374 g/mol. The van der Waals surface area contributed by atoms with Crippen molar-refractivity contribution < 1.29 is 21.7 Å². The van der Waals surface area contributed by atoms with E-state index in [-0.39, 0.29) is 36.6 Å². The Morgan fingerprint density at radius 1 is 0.800 bits per heavy atom. The molecule has 0 aromatic heterocycles. The summed E-state index contributed by atoms with van der Waals surface area (Å²) in [6.45, 7) is 14.5. The van der Waals surface area contributed by atoms with Crippen LogP contribution in [0.2, 0.25) is 0 Å². The van der Waals surface area contributed by atoms with Gasteiger partial charge in [0.05, 0.1) is 0 Å². The first kappa shape index (κ1) is 31.3. The van der Waals surface area contributed by atoms with Crippen LogP contribution in [0.4, 0.5) is 0 Å². The molecule has 0 saturated heterocycles. The second-order valence-electron chi connectivity index (χ2n) is 8.39. The van der Waals surface area contributed by atoms with Crippen LogP contribution in [0.3, 0.4) is 0 Å². The summed E-state index contributed by atoms with van der Waals surface area (Å²) in [6, 6.07) is 0. The van der Waals surface area contributed by atoms with Crippen LogP contribution in [-0.2, 0) is 21.7 Å². The van der Waals surface area contributed by atoms with Crippen molar-refractivity contribution in [3.05, 3.63) is 14.9 Å². The molecule has 25 heavy (non-hydrogen) atoms. The molecule has 4 atom stereocenters. The number of rotatable bonds is 10. The smallest absolute Gasteiger partial charge is 0.358 e. The van der Waals surface area contributed by atoms with Gasteiger partial charge in [-0.25, -0.2) is 0 Å². The summed E-state index contributed by atoms with van der Waals surface area (Å²) in [4.78, 5) is 0. The van der Waals surface area contributed by atoms with Crippen molar-refractivity contribution in [2.24, 2.45) is 5.41 Å². The van der Waals surface area contributed by atoms with Crippen LogP contribution >= 0.6 is 17.2 Å². The Morgan fingerprint density at radius 3 is 1.44 bits per heavy atom. The molecule has 0 heterocycles. The van der Waals surface area contributed by atoms with Crippen LogP contribution in [0.25, 0.3) is 0 Å². The van der Waals surface area contributed by atoms with Crippen molar-refractivity contribution in [2.45, 2.75) is 122 Å². The zero-order valence-electron chi connectivity index (χ0n) is 18.7. The van der Waals surface area contributed by atoms with Crippen molar-refractivity contribution in [3.8, 4) is 0 Å². The molecule has 0 aliphatic heterocycles. The maximum atomic E-state index is 2.44. The largest absolute Gasteiger partial charge is 2.00 e. The molecule has 0 N–H and O–H groups in total. The quantitative estimate of drug-likeness (QED) is 0.189. The zero-order chi connectivity index (χ0) is 16.6. The van der Waals surface area contributed by atoms with Gasteiger partial charge in [-0.3, -0.25) is 0 Å². The van der Waals surface area contributed by atoms with Crippen LogP contribution in [0.5, 0.6) is 0 Å². The number of hydrogen-bond donors (Lipinski definition) is 0. The molecule has 0 radical (unpaired) electrons. The Hall–Kier alpha value is 1.57. The van der Waals surface area contributed by atoms with Crippen LogP contribution in [0, 0.1) is 20.3 Å². The monoisotopic (exact) mass is 422 g/mol. The molecule has 1 rings (SSSR count). The van der Waals surface area contributed by atoms with Crippen molar-refractivity contribution in [1.82, 2.24) is 0 Å². The molecule has 3 heteroatoms. The molecule has 1 saturated carbocycles. The molecule has 1 fully saturated rings. The van der Waals surface area contributed by atoms with E-state index in [0.717, 1.165) is 22.6 Å². The SMILES string of the molecule is CCCCC1(CCCC)CC(PC(C)C)CC(PC(C)C)C1.[CH3-].[CH3-].[Ti+2]. The van der Waals surface area contributed by atoms with Gasteiger partial charge in [0, 0.05) is 0 Å². The van der Waals surface area contributed by atoms with Gasteiger partial charge in [-0.2, -0.15) is 0 Å². The van der Waals surface area contributed by atoms with E-state index < -0.39 is 0 Å². The first-order valence-electron chi connectivity index (χ1n) is 9.93. The Bertz CT molecular complexity index is 264. The Labute approximate surface area is 180 Å². The average Bonchev–Trinajstić information content (AvgIpc) is 2.41. The number of unbranched alkanes of at least 4 members (excludes halogenated alkanes) is 2. The Balaban J connectivity index is -0.00000161. The van der Waals surface area contributed by atoms with Gasteiger partial charge in [-0.15, -0.1) is 17.2 Å². The van der Waals surface area contributed by atoms with Gasteiger partial charge in [-0.1, -0.05) is 67.2 Å². The molecule has 0 aromatic rings. The van der Waals surface area contributed by atoms with Crippen LogP contribution in [0.1, 0.15) is 99.3 Å². The predicted octanol–water partition coefficient (Wildman–Crippen LogP) is 8.35. The normalized spacial score (nSPS) is 23.0. The van der Waals surface area contributed by atoms with Crippen LogP contribution < -0.4 is 0 Å².